The van der Waals surface area contributed by atoms with E-state index in [2.05, 4.69) is 10.4 Å². The molecule has 1 heterocycles. The van der Waals surface area contributed by atoms with Crippen molar-refractivity contribution < 1.29 is 9.90 Å². The molecule has 2 amide bonds. The van der Waals surface area contributed by atoms with E-state index in [-0.39, 0.29) is 18.1 Å². The molecule has 1 aliphatic rings. The number of carbonyl (C=O) groups excluding carboxylic acids is 1. The number of benzene rings is 1. The Bertz CT molecular complexity index is 705. The fraction of sp³-hybridized carbons (Fsp3) is 0.412. The second kappa shape index (κ2) is 7.23. The Labute approximate surface area is 146 Å². The van der Waals surface area contributed by atoms with Gasteiger partial charge in [-0.3, -0.25) is 0 Å². The maximum absolute atomic E-state index is 12.3. The number of nitrogens with one attached hydrogen (secondary N) is 1. The van der Waals surface area contributed by atoms with E-state index in [0.29, 0.717) is 17.3 Å². The van der Waals surface area contributed by atoms with Crippen LogP contribution in [0.5, 0.6) is 0 Å². The number of anilines is 1. The third-order valence-corrected chi connectivity index (χ3v) is 4.73. The lowest BCUT2D eigenvalue weighted by Crippen LogP contribution is -2.37. The molecule has 2 unspecified atom stereocenters. The number of halogens is 1. The summed E-state index contributed by atoms with van der Waals surface area (Å²) in [7, 11) is 1.74. The van der Waals surface area contributed by atoms with Crippen LogP contribution in [0.4, 0.5) is 10.5 Å². The quantitative estimate of drug-likeness (QED) is 0.891. The first-order valence-electron chi connectivity index (χ1n) is 8.04. The molecule has 2 atom stereocenters. The predicted octanol–water partition coefficient (Wildman–Crippen LogP) is 3.15. The Hall–Kier alpha value is -2.05. The van der Waals surface area contributed by atoms with Crippen molar-refractivity contribution in [1.29, 1.82) is 0 Å². The van der Waals surface area contributed by atoms with E-state index >= 15 is 0 Å². The second-order valence-corrected chi connectivity index (χ2v) is 6.59. The molecule has 7 heteroatoms. The van der Waals surface area contributed by atoms with Gasteiger partial charge < -0.3 is 15.3 Å². The molecular weight excluding hydrogens is 328 g/mol. The zero-order chi connectivity index (χ0) is 17.1. The van der Waals surface area contributed by atoms with E-state index in [0.717, 1.165) is 24.9 Å². The fourth-order valence-corrected chi connectivity index (χ4v) is 3.33. The van der Waals surface area contributed by atoms with Crippen LogP contribution in [-0.4, -0.2) is 45.5 Å². The number of hydrogen-bond donors (Lipinski definition) is 2. The summed E-state index contributed by atoms with van der Waals surface area (Å²) in [5.74, 6) is 0.159. The monoisotopic (exact) mass is 348 g/mol. The highest BCUT2D eigenvalue weighted by molar-refractivity contribution is 6.32. The number of rotatable bonds is 4. The molecule has 1 fully saturated rings. The van der Waals surface area contributed by atoms with E-state index < -0.39 is 0 Å². The van der Waals surface area contributed by atoms with Gasteiger partial charge in [-0.05, 0) is 37.1 Å². The fourth-order valence-electron chi connectivity index (χ4n) is 3.07. The lowest BCUT2D eigenvalue weighted by Gasteiger charge is -2.23. The third-order valence-electron chi connectivity index (χ3n) is 4.42. The molecule has 1 aromatic heterocycles. The van der Waals surface area contributed by atoms with Crippen LogP contribution in [0.3, 0.4) is 0 Å². The summed E-state index contributed by atoms with van der Waals surface area (Å²) in [6.45, 7) is 0.548. The van der Waals surface area contributed by atoms with Crippen LogP contribution in [0, 0.1) is 5.92 Å². The average Bonchev–Trinajstić information content (AvgIpc) is 3.20. The molecule has 24 heavy (non-hydrogen) atoms. The van der Waals surface area contributed by atoms with Crippen molar-refractivity contribution >= 4 is 23.3 Å². The second-order valence-electron chi connectivity index (χ2n) is 6.19. The molecular formula is C17H21ClN4O2. The zero-order valence-electron chi connectivity index (χ0n) is 13.5. The van der Waals surface area contributed by atoms with Crippen molar-refractivity contribution in [3.05, 3.63) is 41.7 Å². The molecule has 3 rings (SSSR count). The lowest BCUT2D eigenvalue weighted by atomic mass is 10.1. The van der Waals surface area contributed by atoms with Gasteiger partial charge >= 0.3 is 6.03 Å². The van der Waals surface area contributed by atoms with Crippen molar-refractivity contribution in [2.45, 2.75) is 25.4 Å². The average molecular weight is 349 g/mol. The number of nitrogens with zero attached hydrogens (tertiary/aromatic N) is 3. The molecule has 1 aliphatic carbocycles. The van der Waals surface area contributed by atoms with Crippen LogP contribution in [0.2, 0.25) is 5.02 Å². The van der Waals surface area contributed by atoms with Crippen LogP contribution in [-0.2, 0) is 0 Å². The maximum atomic E-state index is 12.3. The van der Waals surface area contributed by atoms with Gasteiger partial charge in [0.05, 0.1) is 16.8 Å². The summed E-state index contributed by atoms with van der Waals surface area (Å²) in [6, 6.07) is 6.91. The lowest BCUT2D eigenvalue weighted by molar-refractivity contribution is 0.116. The number of aliphatic hydroxyl groups is 1. The van der Waals surface area contributed by atoms with Gasteiger partial charge in [0.25, 0.3) is 0 Å². The SMILES string of the molecule is CN(CC1CCCC1O)C(=O)Nc1ccc(-n2cccn2)c(Cl)c1. The number of carbonyl (C=O) groups is 1. The largest absolute Gasteiger partial charge is 0.393 e. The highest BCUT2D eigenvalue weighted by Crippen LogP contribution is 2.27. The first kappa shape index (κ1) is 16.8. The van der Waals surface area contributed by atoms with Crippen LogP contribution >= 0.6 is 11.6 Å². The van der Waals surface area contributed by atoms with Gasteiger partial charge in [0, 0.05) is 37.6 Å². The number of aromatic nitrogens is 2. The Kier molecular flexibility index (Phi) is 5.06. The van der Waals surface area contributed by atoms with Gasteiger partial charge in [0.2, 0.25) is 0 Å². The summed E-state index contributed by atoms with van der Waals surface area (Å²) in [5, 5.41) is 17.4. The number of hydrogen-bond acceptors (Lipinski definition) is 3. The molecule has 2 aromatic rings. The minimum absolute atomic E-state index is 0.159. The van der Waals surface area contributed by atoms with Gasteiger partial charge in [0.1, 0.15) is 0 Å². The summed E-state index contributed by atoms with van der Waals surface area (Å²) in [5.41, 5.74) is 1.38. The van der Waals surface area contributed by atoms with Crippen LogP contribution < -0.4 is 5.32 Å². The molecule has 1 saturated carbocycles. The van der Waals surface area contributed by atoms with Crippen molar-refractivity contribution in [1.82, 2.24) is 14.7 Å². The molecule has 0 bridgehead atoms. The smallest absolute Gasteiger partial charge is 0.321 e. The van der Waals surface area contributed by atoms with Gasteiger partial charge in [-0.15, -0.1) is 0 Å². The highest BCUT2D eigenvalue weighted by atomic mass is 35.5. The normalized spacial score (nSPS) is 20.1. The summed E-state index contributed by atoms with van der Waals surface area (Å²) >= 11 is 6.28. The standard InChI is InChI=1S/C17H21ClN4O2/c1-21(11-12-4-2-5-16(12)23)17(24)20-13-6-7-15(14(18)10-13)22-9-3-8-19-22/h3,6-10,12,16,23H,2,4-5,11H2,1H3,(H,20,24). The van der Waals surface area contributed by atoms with E-state index in [1.54, 1.807) is 41.2 Å². The molecule has 0 saturated heterocycles. The van der Waals surface area contributed by atoms with Crippen molar-refractivity contribution in [3.8, 4) is 5.69 Å². The summed E-state index contributed by atoms with van der Waals surface area (Å²) in [6.07, 6.45) is 5.99. The van der Waals surface area contributed by atoms with Gasteiger partial charge in [-0.2, -0.15) is 5.10 Å². The van der Waals surface area contributed by atoms with E-state index in [1.807, 2.05) is 12.1 Å². The Morgan fingerprint density at radius 3 is 2.96 bits per heavy atom. The van der Waals surface area contributed by atoms with Crippen LogP contribution in [0.25, 0.3) is 5.69 Å². The molecule has 0 spiro atoms. The third kappa shape index (κ3) is 3.71. The molecule has 1 aromatic carbocycles. The van der Waals surface area contributed by atoms with Crippen molar-refractivity contribution in [2.24, 2.45) is 5.92 Å². The van der Waals surface area contributed by atoms with Crippen molar-refractivity contribution in [2.75, 3.05) is 18.9 Å². The first-order chi connectivity index (χ1) is 11.5. The van der Waals surface area contributed by atoms with Crippen LogP contribution in [0.15, 0.2) is 36.7 Å². The molecule has 128 valence electrons. The predicted molar refractivity (Wildman–Crippen MR) is 93.6 cm³/mol. The number of aliphatic hydroxyl groups excluding tert-OH is 1. The summed E-state index contributed by atoms with van der Waals surface area (Å²) < 4.78 is 1.67. The maximum Gasteiger partial charge on any atom is 0.321 e. The van der Waals surface area contributed by atoms with E-state index in [1.165, 1.54) is 0 Å². The van der Waals surface area contributed by atoms with Gasteiger partial charge in [-0.1, -0.05) is 18.0 Å². The summed E-state index contributed by atoms with van der Waals surface area (Å²) in [4.78, 5) is 13.9. The number of amides is 2. The van der Waals surface area contributed by atoms with Crippen molar-refractivity contribution in [3.63, 3.8) is 0 Å². The Morgan fingerprint density at radius 2 is 2.33 bits per heavy atom. The van der Waals surface area contributed by atoms with Gasteiger partial charge in [0.15, 0.2) is 0 Å². The van der Waals surface area contributed by atoms with E-state index in [4.69, 9.17) is 11.6 Å². The zero-order valence-corrected chi connectivity index (χ0v) is 14.3. The molecule has 0 aliphatic heterocycles. The van der Waals surface area contributed by atoms with E-state index in [9.17, 15) is 9.90 Å². The first-order valence-corrected chi connectivity index (χ1v) is 8.42. The highest BCUT2D eigenvalue weighted by Gasteiger charge is 2.27. The molecule has 2 N–H and O–H groups in total. The minimum Gasteiger partial charge on any atom is -0.393 e. The van der Waals surface area contributed by atoms with Gasteiger partial charge in [-0.25, -0.2) is 9.48 Å². The topological polar surface area (TPSA) is 70.4 Å². The Morgan fingerprint density at radius 1 is 1.50 bits per heavy atom. The number of urea groups is 1. The molecule has 0 radical (unpaired) electrons. The minimum atomic E-state index is -0.303. The Balaban J connectivity index is 1.63. The molecule has 6 nitrogen and oxygen atoms in total. The van der Waals surface area contributed by atoms with Crippen LogP contribution in [0.1, 0.15) is 19.3 Å².